The highest BCUT2D eigenvalue weighted by Crippen LogP contribution is 2.31. The third kappa shape index (κ3) is 3.28. The van der Waals surface area contributed by atoms with Crippen LogP contribution in [0.4, 0.5) is 5.69 Å². The summed E-state index contributed by atoms with van der Waals surface area (Å²) in [6.45, 7) is 1.48. The Kier molecular flexibility index (Phi) is 3.80. The fraction of sp³-hybridized carbons (Fsp3) is 0.263. The summed E-state index contributed by atoms with van der Waals surface area (Å²) in [6, 6.07) is 13.3. The Labute approximate surface area is 144 Å². The largest absolute Gasteiger partial charge is 0.326 e. The maximum absolute atomic E-state index is 12.0. The lowest BCUT2D eigenvalue weighted by atomic mass is 10.1. The Morgan fingerprint density at radius 2 is 2.00 bits per heavy atom. The van der Waals surface area contributed by atoms with Gasteiger partial charge in [-0.3, -0.25) is 9.59 Å². The van der Waals surface area contributed by atoms with E-state index in [0.29, 0.717) is 11.5 Å². The normalized spacial score (nSPS) is 13.8. The zero-order valence-corrected chi connectivity index (χ0v) is 13.9. The van der Waals surface area contributed by atoms with Crippen LogP contribution in [0.5, 0.6) is 0 Å². The number of nitrogens with one attached hydrogen (secondary N) is 1. The molecule has 0 spiro atoms. The number of fused-ring (bicyclic) bond motifs is 1. The summed E-state index contributed by atoms with van der Waals surface area (Å²) in [4.78, 5) is 27.8. The molecule has 1 aromatic carbocycles. The van der Waals surface area contributed by atoms with Crippen LogP contribution in [0.15, 0.2) is 42.5 Å². The van der Waals surface area contributed by atoms with Crippen LogP contribution in [0.2, 0.25) is 0 Å². The average molecular weight is 334 g/mol. The van der Waals surface area contributed by atoms with Gasteiger partial charge in [-0.25, -0.2) is 9.50 Å². The van der Waals surface area contributed by atoms with Gasteiger partial charge < -0.3 is 5.32 Å². The summed E-state index contributed by atoms with van der Waals surface area (Å²) in [5.41, 5.74) is 3.22. The maximum Gasteiger partial charge on any atom is 0.221 e. The van der Waals surface area contributed by atoms with Crippen molar-refractivity contribution >= 4 is 23.0 Å². The Balaban J connectivity index is 1.70. The number of Topliss-reactive ketones (excluding diaryl/α,β-unsaturated/α-hetero) is 1. The minimum atomic E-state index is -0.114. The molecule has 1 amide bonds. The molecular formula is C19H18N4O2. The molecule has 2 heterocycles. The summed E-state index contributed by atoms with van der Waals surface area (Å²) < 4.78 is 1.75. The molecule has 1 aliphatic carbocycles. The molecule has 0 atom stereocenters. The van der Waals surface area contributed by atoms with Crippen molar-refractivity contribution in [2.45, 2.75) is 26.2 Å². The van der Waals surface area contributed by atoms with Crippen LogP contribution in [0.25, 0.3) is 16.9 Å². The second-order valence-corrected chi connectivity index (χ2v) is 6.39. The molecule has 25 heavy (non-hydrogen) atoms. The minimum absolute atomic E-state index is 0.114. The molecule has 0 unspecified atom stereocenters. The van der Waals surface area contributed by atoms with Gasteiger partial charge in [-0.2, -0.15) is 5.10 Å². The second kappa shape index (κ2) is 6.12. The first-order chi connectivity index (χ1) is 12.1. The van der Waals surface area contributed by atoms with Crippen LogP contribution < -0.4 is 5.32 Å². The van der Waals surface area contributed by atoms with Gasteiger partial charge in [0, 0.05) is 24.1 Å². The fourth-order valence-corrected chi connectivity index (χ4v) is 2.91. The van der Waals surface area contributed by atoms with Crippen molar-refractivity contribution in [1.82, 2.24) is 14.6 Å². The number of anilines is 1. The standard InChI is InChI=1S/C19H18N4O2/c1-12(24)20-15-5-2-4-14(10-15)16-6-3-7-19-21-18(22-23(16)19)11-17(25)13-8-9-13/h2-7,10,13H,8-9,11H2,1H3,(H,20,24). The SMILES string of the molecule is CC(=O)Nc1cccc(-c2cccc3nc(CC(=O)C4CC4)nn23)c1. The highest BCUT2D eigenvalue weighted by molar-refractivity contribution is 5.89. The Bertz CT molecular complexity index is 972. The molecule has 1 saturated carbocycles. The zero-order chi connectivity index (χ0) is 17.4. The van der Waals surface area contributed by atoms with E-state index in [4.69, 9.17) is 0 Å². The first kappa shape index (κ1) is 15.5. The maximum atomic E-state index is 12.0. The van der Waals surface area contributed by atoms with Gasteiger partial charge in [0.25, 0.3) is 0 Å². The van der Waals surface area contributed by atoms with Crippen molar-refractivity contribution in [2.75, 3.05) is 5.32 Å². The third-order valence-electron chi connectivity index (χ3n) is 4.25. The predicted molar refractivity (Wildman–Crippen MR) is 94.2 cm³/mol. The van der Waals surface area contributed by atoms with Crippen LogP contribution in [-0.4, -0.2) is 26.3 Å². The number of hydrogen-bond acceptors (Lipinski definition) is 4. The minimum Gasteiger partial charge on any atom is -0.326 e. The topological polar surface area (TPSA) is 76.4 Å². The van der Waals surface area contributed by atoms with Gasteiger partial charge in [0.2, 0.25) is 5.91 Å². The van der Waals surface area contributed by atoms with E-state index >= 15 is 0 Å². The predicted octanol–water partition coefficient (Wildman–Crippen LogP) is 2.88. The molecule has 1 N–H and O–H groups in total. The summed E-state index contributed by atoms with van der Waals surface area (Å²) in [5, 5.41) is 7.31. The van der Waals surface area contributed by atoms with Crippen molar-refractivity contribution in [2.24, 2.45) is 5.92 Å². The zero-order valence-electron chi connectivity index (χ0n) is 13.9. The Hall–Kier alpha value is -3.02. The van der Waals surface area contributed by atoms with Crippen LogP contribution in [0.1, 0.15) is 25.6 Å². The van der Waals surface area contributed by atoms with Crippen molar-refractivity contribution in [1.29, 1.82) is 0 Å². The molecule has 6 nitrogen and oxygen atoms in total. The highest BCUT2D eigenvalue weighted by Gasteiger charge is 2.30. The van der Waals surface area contributed by atoms with Crippen molar-refractivity contribution in [3.8, 4) is 11.3 Å². The quantitative estimate of drug-likeness (QED) is 0.778. The van der Waals surface area contributed by atoms with Gasteiger partial charge in [0.15, 0.2) is 11.5 Å². The number of carbonyl (C=O) groups is 2. The number of nitrogens with zero attached hydrogens (tertiary/aromatic N) is 3. The third-order valence-corrected chi connectivity index (χ3v) is 4.25. The molecule has 0 aliphatic heterocycles. The van der Waals surface area contributed by atoms with E-state index in [1.54, 1.807) is 4.52 Å². The molecule has 1 fully saturated rings. The van der Waals surface area contributed by atoms with Gasteiger partial charge >= 0.3 is 0 Å². The van der Waals surface area contributed by atoms with E-state index in [1.165, 1.54) is 6.92 Å². The van der Waals surface area contributed by atoms with E-state index in [-0.39, 0.29) is 24.0 Å². The summed E-state index contributed by atoms with van der Waals surface area (Å²) in [5.74, 6) is 0.880. The molecule has 4 rings (SSSR count). The van der Waals surface area contributed by atoms with Crippen LogP contribution in [-0.2, 0) is 16.0 Å². The number of benzene rings is 1. The second-order valence-electron chi connectivity index (χ2n) is 6.39. The molecule has 0 radical (unpaired) electrons. The molecule has 3 aromatic rings. The van der Waals surface area contributed by atoms with Gasteiger partial charge in [0.05, 0.1) is 12.1 Å². The lowest BCUT2D eigenvalue weighted by Crippen LogP contribution is -2.06. The summed E-state index contributed by atoms with van der Waals surface area (Å²) >= 11 is 0. The first-order valence-electron chi connectivity index (χ1n) is 8.35. The van der Waals surface area contributed by atoms with Crippen molar-refractivity contribution in [3.63, 3.8) is 0 Å². The van der Waals surface area contributed by atoms with Crippen LogP contribution in [0, 0.1) is 5.92 Å². The monoisotopic (exact) mass is 334 g/mol. The van der Waals surface area contributed by atoms with Gasteiger partial charge in [0.1, 0.15) is 5.78 Å². The van der Waals surface area contributed by atoms with E-state index < -0.39 is 0 Å². The van der Waals surface area contributed by atoms with Crippen LogP contribution in [0.3, 0.4) is 0 Å². The number of amides is 1. The van der Waals surface area contributed by atoms with Crippen LogP contribution >= 0.6 is 0 Å². The summed E-state index contributed by atoms with van der Waals surface area (Å²) in [7, 11) is 0. The van der Waals surface area contributed by atoms with Crippen molar-refractivity contribution in [3.05, 3.63) is 48.3 Å². The smallest absolute Gasteiger partial charge is 0.221 e. The molecule has 2 aromatic heterocycles. The lowest BCUT2D eigenvalue weighted by molar-refractivity contribution is -0.119. The highest BCUT2D eigenvalue weighted by atomic mass is 16.1. The first-order valence-corrected chi connectivity index (χ1v) is 8.35. The van der Waals surface area contributed by atoms with Crippen molar-refractivity contribution < 1.29 is 9.59 Å². The summed E-state index contributed by atoms with van der Waals surface area (Å²) in [6.07, 6.45) is 2.28. The molecule has 0 saturated heterocycles. The average Bonchev–Trinajstić information content (AvgIpc) is 3.34. The fourth-order valence-electron chi connectivity index (χ4n) is 2.91. The van der Waals surface area contributed by atoms with E-state index in [9.17, 15) is 9.59 Å². The molecular weight excluding hydrogens is 316 g/mol. The Morgan fingerprint density at radius 3 is 2.76 bits per heavy atom. The molecule has 6 heteroatoms. The van der Waals surface area contributed by atoms with Gasteiger partial charge in [-0.15, -0.1) is 0 Å². The van der Waals surface area contributed by atoms with Gasteiger partial charge in [-0.1, -0.05) is 18.2 Å². The number of carbonyl (C=O) groups excluding carboxylic acids is 2. The van der Waals surface area contributed by atoms with E-state index in [2.05, 4.69) is 15.4 Å². The van der Waals surface area contributed by atoms with E-state index in [1.807, 2.05) is 42.5 Å². The lowest BCUT2D eigenvalue weighted by Gasteiger charge is -2.07. The van der Waals surface area contributed by atoms with Gasteiger partial charge in [-0.05, 0) is 37.1 Å². The van der Waals surface area contributed by atoms with E-state index in [0.717, 1.165) is 29.8 Å². The number of hydrogen-bond donors (Lipinski definition) is 1. The number of ketones is 1. The number of rotatable bonds is 5. The molecule has 1 aliphatic rings. The number of pyridine rings is 1. The molecule has 126 valence electrons. The number of aromatic nitrogens is 3. The Morgan fingerprint density at radius 1 is 1.20 bits per heavy atom. The molecule has 0 bridgehead atoms.